The second kappa shape index (κ2) is 2.40. The molecule has 2 aliphatic heterocycles. The predicted octanol–water partition coefficient (Wildman–Crippen LogP) is 1.01. The van der Waals surface area contributed by atoms with Gasteiger partial charge in [0.2, 0.25) is 0 Å². The number of aliphatic imine (C=N–C) groups is 1. The molecule has 1 saturated heterocycles. The Morgan fingerprint density at radius 1 is 1.80 bits per heavy atom. The maximum Gasteiger partial charge on any atom is 0.0821 e. The summed E-state index contributed by atoms with van der Waals surface area (Å²) in [4.78, 5) is 4.32. The van der Waals surface area contributed by atoms with E-state index in [1.807, 2.05) is 5.55 Å². The van der Waals surface area contributed by atoms with Crippen LogP contribution in [0.4, 0.5) is 0 Å². The first-order chi connectivity index (χ1) is 4.86. The molecule has 0 saturated carbocycles. The fourth-order valence-electron chi connectivity index (χ4n) is 1.30. The number of hydrogen-bond acceptors (Lipinski definition) is 3. The molecule has 2 heterocycles. The van der Waals surface area contributed by atoms with Gasteiger partial charge in [0.05, 0.1) is 17.0 Å². The summed E-state index contributed by atoms with van der Waals surface area (Å²) >= 11 is 1.78. The number of rotatable bonds is 0. The number of nitrogens with one attached hydrogen (secondary N) is 1. The Bertz CT molecular complexity index is 188. The van der Waals surface area contributed by atoms with Crippen LogP contribution in [0.5, 0.6) is 0 Å². The van der Waals surface area contributed by atoms with Crippen molar-refractivity contribution in [3.05, 3.63) is 12.2 Å². The summed E-state index contributed by atoms with van der Waals surface area (Å²) in [6.45, 7) is 4.90. The SMILES string of the molecule is C=C1CNC2SC=NC2C1. The molecule has 10 heavy (non-hydrogen) atoms. The van der Waals surface area contributed by atoms with Gasteiger partial charge in [0.1, 0.15) is 0 Å². The fraction of sp³-hybridized carbons (Fsp3) is 0.571. The van der Waals surface area contributed by atoms with Crippen molar-refractivity contribution in [1.82, 2.24) is 5.32 Å². The van der Waals surface area contributed by atoms with E-state index in [1.54, 1.807) is 11.8 Å². The van der Waals surface area contributed by atoms with E-state index in [0.29, 0.717) is 11.4 Å². The summed E-state index contributed by atoms with van der Waals surface area (Å²) < 4.78 is 0. The quantitative estimate of drug-likeness (QED) is 0.526. The highest BCUT2D eigenvalue weighted by Gasteiger charge is 2.28. The van der Waals surface area contributed by atoms with Gasteiger partial charge in [-0.2, -0.15) is 0 Å². The third-order valence-corrected chi connectivity index (χ3v) is 2.88. The summed E-state index contributed by atoms with van der Waals surface area (Å²) in [5.41, 5.74) is 3.22. The van der Waals surface area contributed by atoms with Crippen molar-refractivity contribution in [2.24, 2.45) is 4.99 Å². The van der Waals surface area contributed by atoms with Crippen LogP contribution < -0.4 is 5.32 Å². The van der Waals surface area contributed by atoms with Crippen molar-refractivity contribution in [3.63, 3.8) is 0 Å². The van der Waals surface area contributed by atoms with E-state index in [2.05, 4.69) is 16.9 Å². The summed E-state index contributed by atoms with van der Waals surface area (Å²) in [5.74, 6) is 0. The van der Waals surface area contributed by atoms with Gasteiger partial charge in [-0.05, 0) is 6.42 Å². The molecular weight excluding hydrogens is 144 g/mol. The Kier molecular flexibility index (Phi) is 1.54. The van der Waals surface area contributed by atoms with E-state index in [0.717, 1.165) is 13.0 Å². The molecule has 0 aromatic rings. The lowest BCUT2D eigenvalue weighted by atomic mass is 10.0. The van der Waals surface area contributed by atoms with Crippen LogP contribution in [-0.4, -0.2) is 23.5 Å². The largest absolute Gasteiger partial charge is 0.299 e. The van der Waals surface area contributed by atoms with E-state index in [-0.39, 0.29) is 0 Å². The molecule has 0 bridgehead atoms. The molecule has 2 atom stereocenters. The van der Waals surface area contributed by atoms with E-state index < -0.39 is 0 Å². The first kappa shape index (κ1) is 6.43. The molecule has 2 unspecified atom stereocenters. The second-order valence-electron chi connectivity index (χ2n) is 2.71. The molecule has 0 amide bonds. The second-order valence-corrected chi connectivity index (χ2v) is 3.70. The van der Waals surface area contributed by atoms with Crippen LogP contribution >= 0.6 is 11.8 Å². The van der Waals surface area contributed by atoms with Crippen LogP contribution in [0.25, 0.3) is 0 Å². The number of nitrogens with zero attached hydrogens (tertiary/aromatic N) is 1. The highest BCUT2D eigenvalue weighted by atomic mass is 32.2. The van der Waals surface area contributed by atoms with Gasteiger partial charge in [-0.25, -0.2) is 0 Å². The number of hydrogen-bond donors (Lipinski definition) is 1. The van der Waals surface area contributed by atoms with E-state index in [4.69, 9.17) is 0 Å². The Labute approximate surface area is 64.8 Å². The lowest BCUT2D eigenvalue weighted by molar-refractivity contribution is 0.511. The summed E-state index contributed by atoms with van der Waals surface area (Å²) in [5, 5.41) is 3.90. The van der Waals surface area contributed by atoms with Crippen molar-refractivity contribution in [2.45, 2.75) is 17.8 Å². The standard InChI is InChI=1S/C7H10N2S/c1-5-2-6-7(8-3-5)10-4-9-6/h4,6-8H,1-3H2. The van der Waals surface area contributed by atoms with E-state index in [1.165, 1.54) is 5.57 Å². The van der Waals surface area contributed by atoms with Gasteiger partial charge in [0, 0.05) is 6.54 Å². The molecule has 3 heteroatoms. The van der Waals surface area contributed by atoms with Gasteiger partial charge < -0.3 is 0 Å². The molecule has 2 aliphatic rings. The molecule has 1 N–H and O–H groups in total. The summed E-state index contributed by atoms with van der Waals surface area (Å²) in [6.07, 6.45) is 1.07. The van der Waals surface area contributed by atoms with Gasteiger partial charge in [0.25, 0.3) is 0 Å². The average molecular weight is 154 g/mol. The molecule has 0 radical (unpaired) electrons. The van der Waals surface area contributed by atoms with Crippen molar-refractivity contribution in [3.8, 4) is 0 Å². The highest BCUT2D eigenvalue weighted by Crippen LogP contribution is 2.27. The van der Waals surface area contributed by atoms with Crippen LogP contribution in [0.1, 0.15) is 6.42 Å². The predicted molar refractivity (Wildman–Crippen MR) is 45.4 cm³/mol. The van der Waals surface area contributed by atoms with Gasteiger partial charge in [-0.3, -0.25) is 10.3 Å². The van der Waals surface area contributed by atoms with Crippen LogP contribution in [0.3, 0.4) is 0 Å². The van der Waals surface area contributed by atoms with Crippen LogP contribution in [0, 0.1) is 0 Å². The summed E-state index contributed by atoms with van der Waals surface area (Å²) in [7, 11) is 0. The molecule has 2 nitrogen and oxygen atoms in total. The van der Waals surface area contributed by atoms with Gasteiger partial charge in [0.15, 0.2) is 0 Å². The molecule has 0 aromatic carbocycles. The minimum Gasteiger partial charge on any atom is -0.299 e. The molecule has 2 rings (SSSR count). The van der Waals surface area contributed by atoms with Crippen molar-refractivity contribution >= 4 is 17.3 Å². The fourth-order valence-corrected chi connectivity index (χ4v) is 2.19. The van der Waals surface area contributed by atoms with Crippen molar-refractivity contribution in [1.29, 1.82) is 0 Å². The monoisotopic (exact) mass is 154 g/mol. The Balaban J connectivity index is 2.08. The van der Waals surface area contributed by atoms with Crippen LogP contribution in [-0.2, 0) is 0 Å². The minimum atomic E-state index is 0.464. The third-order valence-electron chi connectivity index (χ3n) is 1.86. The van der Waals surface area contributed by atoms with E-state index >= 15 is 0 Å². The number of fused-ring (bicyclic) bond motifs is 1. The van der Waals surface area contributed by atoms with Crippen molar-refractivity contribution in [2.75, 3.05) is 6.54 Å². The molecule has 1 fully saturated rings. The first-order valence-corrected chi connectivity index (χ1v) is 4.38. The van der Waals surface area contributed by atoms with Gasteiger partial charge >= 0.3 is 0 Å². The number of piperidine rings is 1. The zero-order valence-corrected chi connectivity index (χ0v) is 6.53. The number of thioether (sulfide) groups is 1. The molecular formula is C7H10N2S. The van der Waals surface area contributed by atoms with Gasteiger partial charge in [-0.1, -0.05) is 23.9 Å². The molecule has 54 valence electrons. The maximum atomic E-state index is 4.32. The van der Waals surface area contributed by atoms with E-state index in [9.17, 15) is 0 Å². The average Bonchev–Trinajstić information content (AvgIpc) is 2.33. The lowest BCUT2D eigenvalue weighted by Crippen LogP contribution is -2.40. The smallest absolute Gasteiger partial charge is 0.0821 e. The van der Waals surface area contributed by atoms with Crippen LogP contribution in [0.2, 0.25) is 0 Å². The molecule has 0 aromatic heterocycles. The minimum absolute atomic E-state index is 0.464. The highest BCUT2D eigenvalue weighted by molar-refractivity contribution is 8.12. The zero-order valence-electron chi connectivity index (χ0n) is 5.71. The normalized spacial score (nSPS) is 38.2. The third kappa shape index (κ3) is 0.995. The Morgan fingerprint density at radius 3 is 3.60 bits per heavy atom. The molecule has 0 aliphatic carbocycles. The van der Waals surface area contributed by atoms with Crippen molar-refractivity contribution < 1.29 is 0 Å². The topological polar surface area (TPSA) is 24.4 Å². The van der Waals surface area contributed by atoms with Gasteiger partial charge in [-0.15, -0.1) is 0 Å². The van der Waals surface area contributed by atoms with Crippen LogP contribution in [0.15, 0.2) is 17.1 Å². The Hall–Kier alpha value is -0.280. The lowest BCUT2D eigenvalue weighted by Gasteiger charge is -2.25. The zero-order chi connectivity index (χ0) is 6.97. The maximum absolute atomic E-state index is 4.32. The summed E-state index contributed by atoms with van der Waals surface area (Å²) in [6, 6.07) is 0.464. The Morgan fingerprint density at radius 2 is 2.70 bits per heavy atom. The molecule has 0 spiro atoms. The first-order valence-electron chi connectivity index (χ1n) is 3.43.